The zero-order chi connectivity index (χ0) is 24.2. The molecule has 2 aliphatic carbocycles. The first kappa shape index (κ1) is 24.7. The second-order valence-corrected chi connectivity index (χ2v) is 9.78. The highest BCUT2D eigenvalue weighted by atomic mass is 16.3. The van der Waals surface area contributed by atoms with Crippen molar-refractivity contribution >= 4 is 23.5 Å². The van der Waals surface area contributed by atoms with Crippen LogP contribution in [0, 0.1) is 17.3 Å². The molecule has 178 valence electrons. The number of fused-ring (bicyclic) bond motifs is 2. The zero-order valence-corrected chi connectivity index (χ0v) is 20.5. The summed E-state index contributed by atoms with van der Waals surface area (Å²) in [5, 5.41) is 8.25. The molecule has 33 heavy (non-hydrogen) atoms. The average molecular weight is 452 g/mol. The Morgan fingerprint density at radius 1 is 1.39 bits per heavy atom. The van der Waals surface area contributed by atoms with Crippen LogP contribution in [0.15, 0.2) is 47.6 Å². The Hall–Kier alpha value is -2.96. The maximum Gasteiger partial charge on any atom is 0.307 e. The Kier molecular flexibility index (Phi) is 7.72. The highest BCUT2D eigenvalue weighted by Crippen LogP contribution is 2.53. The molecule has 2 N–H and O–H groups in total. The summed E-state index contributed by atoms with van der Waals surface area (Å²) in [6.07, 6.45) is 17.0. The summed E-state index contributed by atoms with van der Waals surface area (Å²) in [5.41, 5.74) is 12.9. The van der Waals surface area contributed by atoms with E-state index in [4.69, 9.17) is 15.6 Å². The number of imidazole rings is 1. The first-order valence-electron chi connectivity index (χ1n) is 11.8. The smallest absolute Gasteiger partial charge is 0.307 e. The molecule has 0 unspecified atom stereocenters. The van der Waals surface area contributed by atoms with Crippen LogP contribution in [0.4, 0.5) is 5.82 Å². The lowest BCUT2D eigenvalue weighted by molar-refractivity contribution is -0.647. The van der Waals surface area contributed by atoms with Gasteiger partial charge >= 0.3 is 5.65 Å². The summed E-state index contributed by atoms with van der Waals surface area (Å²) in [7, 11) is 2.00. The largest absolute Gasteiger partial charge is 0.554 e. The van der Waals surface area contributed by atoms with Crippen LogP contribution in [-0.4, -0.2) is 21.0 Å². The van der Waals surface area contributed by atoms with Crippen LogP contribution in [0.25, 0.3) is 11.2 Å². The van der Waals surface area contributed by atoms with Gasteiger partial charge in [-0.1, -0.05) is 48.2 Å². The number of carboxylic acid groups (broad SMARTS) is 1. The molecule has 0 amide bonds. The SMILES string of the molecule is CC1=CCC[C@H]2C1=CC[C@@H](C)[C@]2(C)CC/C(C)=C/Cn1c[n+](C)c2ncnc(N)c21.O=C[O-]. The second-order valence-electron chi connectivity index (χ2n) is 9.78. The molecule has 2 heterocycles. The van der Waals surface area contributed by atoms with E-state index in [0.717, 1.165) is 30.0 Å². The van der Waals surface area contributed by atoms with Crippen molar-refractivity contribution < 1.29 is 14.5 Å². The van der Waals surface area contributed by atoms with Gasteiger partial charge in [0, 0.05) is 6.47 Å². The molecule has 3 atom stereocenters. The molecule has 7 heteroatoms. The lowest BCUT2D eigenvalue weighted by Gasteiger charge is -2.48. The molecule has 0 fully saturated rings. The van der Waals surface area contributed by atoms with Gasteiger partial charge in [0.15, 0.2) is 18.5 Å². The maximum absolute atomic E-state index is 8.25. The van der Waals surface area contributed by atoms with Crippen LogP contribution in [0.2, 0.25) is 0 Å². The van der Waals surface area contributed by atoms with Crippen molar-refractivity contribution in [3.8, 4) is 0 Å². The van der Waals surface area contributed by atoms with Gasteiger partial charge in [0.2, 0.25) is 5.52 Å². The zero-order valence-electron chi connectivity index (χ0n) is 20.5. The van der Waals surface area contributed by atoms with E-state index in [9.17, 15) is 0 Å². The normalized spacial score (nSPS) is 24.9. The first-order valence-corrected chi connectivity index (χ1v) is 11.8. The molecule has 2 aliphatic rings. The minimum absolute atomic E-state index is 0.375. The van der Waals surface area contributed by atoms with Crippen molar-refractivity contribution in [3.63, 3.8) is 0 Å². The predicted octanol–water partition coefficient (Wildman–Crippen LogP) is 3.26. The highest BCUT2D eigenvalue weighted by molar-refractivity contribution is 5.79. The molecule has 0 aliphatic heterocycles. The Bertz CT molecular complexity index is 1100. The Morgan fingerprint density at radius 2 is 2.12 bits per heavy atom. The van der Waals surface area contributed by atoms with Gasteiger partial charge < -0.3 is 15.6 Å². The number of nitrogen functional groups attached to an aromatic ring is 1. The van der Waals surface area contributed by atoms with Gasteiger partial charge in [-0.3, -0.25) is 4.57 Å². The second kappa shape index (κ2) is 10.3. The summed E-state index contributed by atoms with van der Waals surface area (Å²) >= 11 is 0. The quantitative estimate of drug-likeness (QED) is 0.427. The molecule has 0 bridgehead atoms. The van der Waals surface area contributed by atoms with E-state index in [1.807, 2.05) is 11.6 Å². The predicted molar refractivity (Wildman–Crippen MR) is 129 cm³/mol. The van der Waals surface area contributed by atoms with Gasteiger partial charge in [0.05, 0.1) is 13.6 Å². The van der Waals surface area contributed by atoms with Crippen molar-refractivity contribution in [2.24, 2.45) is 24.3 Å². The van der Waals surface area contributed by atoms with Gasteiger partial charge in [-0.25, -0.2) is 4.57 Å². The van der Waals surface area contributed by atoms with E-state index < -0.39 is 6.47 Å². The molecule has 0 spiro atoms. The van der Waals surface area contributed by atoms with Crippen LogP contribution in [0.5, 0.6) is 0 Å². The number of nitrogens with two attached hydrogens (primary N) is 1. The standard InChI is InChI=1S/C25H36N5.CH2O2/c1-17(12-14-30-16-29(5)24-22(30)23(26)27-15-28-24)11-13-25(4)19(3)9-10-20-18(2)7-6-8-21(20)25;2-1-3/h7,10,12,15-16,19,21H,6,8-9,11,13-14H2,1-5H3,(H2,26,27,28);1H,(H,2,3)/q+1;/p-1/b17-12+;/t19-,21+,25+;/m1./s1. The van der Waals surface area contributed by atoms with Gasteiger partial charge in [-0.2, -0.15) is 4.98 Å². The fourth-order valence-corrected chi connectivity index (χ4v) is 5.54. The van der Waals surface area contributed by atoms with E-state index >= 15 is 0 Å². The van der Waals surface area contributed by atoms with E-state index in [0.29, 0.717) is 17.2 Å². The Labute approximate surface area is 196 Å². The van der Waals surface area contributed by atoms with E-state index in [1.165, 1.54) is 43.2 Å². The highest BCUT2D eigenvalue weighted by Gasteiger charge is 2.43. The number of hydrogen-bond acceptors (Lipinski definition) is 5. The third-order valence-corrected chi connectivity index (χ3v) is 7.81. The number of aryl methyl sites for hydroxylation is 1. The Balaban J connectivity index is 0.000000968. The summed E-state index contributed by atoms with van der Waals surface area (Å²) in [6.45, 7) is 9.86. The molecule has 0 radical (unpaired) electrons. The van der Waals surface area contributed by atoms with Crippen LogP contribution in [0.1, 0.15) is 59.8 Å². The third kappa shape index (κ3) is 5.02. The lowest BCUT2D eigenvalue weighted by Crippen LogP contribution is -2.39. The van der Waals surface area contributed by atoms with Gasteiger partial charge in [0.25, 0.3) is 0 Å². The summed E-state index contributed by atoms with van der Waals surface area (Å²) < 4.78 is 4.16. The molecular formula is C26H37N5O2. The number of anilines is 1. The van der Waals surface area contributed by atoms with Gasteiger partial charge in [0.1, 0.15) is 0 Å². The number of nitrogens with zero attached hydrogens (tertiary/aromatic N) is 4. The van der Waals surface area contributed by atoms with Crippen LogP contribution < -0.4 is 15.4 Å². The fourth-order valence-electron chi connectivity index (χ4n) is 5.54. The molecule has 0 saturated heterocycles. The van der Waals surface area contributed by atoms with Crippen molar-refractivity contribution in [3.05, 3.63) is 47.6 Å². The molecule has 4 rings (SSSR count). The average Bonchev–Trinajstić information content (AvgIpc) is 3.11. The number of allylic oxidation sites excluding steroid dienone is 6. The maximum atomic E-state index is 8.25. The summed E-state index contributed by atoms with van der Waals surface area (Å²) in [4.78, 5) is 16.8. The minimum Gasteiger partial charge on any atom is -0.554 e. The van der Waals surface area contributed by atoms with E-state index in [-0.39, 0.29) is 0 Å². The molecule has 0 aromatic carbocycles. The van der Waals surface area contributed by atoms with Crippen LogP contribution in [-0.2, 0) is 18.4 Å². The first-order chi connectivity index (χ1) is 15.7. The lowest BCUT2D eigenvalue weighted by atomic mass is 9.56. The molecule has 2 aromatic rings. The van der Waals surface area contributed by atoms with E-state index in [1.54, 1.807) is 5.57 Å². The molecule has 2 aromatic heterocycles. The minimum atomic E-state index is -0.500. The molecular weight excluding hydrogens is 414 g/mol. The third-order valence-electron chi connectivity index (χ3n) is 7.81. The van der Waals surface area contributed by atoms with Crippen molar-refractivity contribution in [2.45, 2.75) is 66.3 Å². The topological polar surface area (TPSA) is 101 Å². The molecule has 7 nitrogen and oxygen atoms in total. The monoisotopic (exact) mass is 451 g/mol. The van der Waals surface area contributed by atoms with Crippen molar-refractivity contribution in [1.29, 1.82) is 0 Å². The molecule has 0 saturated carbocycles. The number of aromatic nitrogens is 4. The van der Waals surface area contributed by atoms with Crippen LogP contribution >= 0.6 is 0 Å². The fraction of sp³-hybridized carbons (Fsp3) is 0.538. The number of hydrogen-bond donors (Lipinski definition) is 1. The van der Waals surface area contributed by atoms with E-state index in [2.05, 4.69) is 66.8 Å². The van der Waals surface area contributed by atoms with Crippen molar-refractivity contribution in [2.75, 3.05) is 5.73 Å². The van der Waals surface area contributed by atoms with Crippen LogP contribution in [0.3, 0.4) is 0 Å². The van der Waals surface area contributed by atoms with Gasteiger partial charge in [-0.15, -0.1) is 0 Å². The Morgan fingerprint density at radius 3 is 2.85 bits per heavy atom. The number of carbonyl (C=O) groups is 1. The van der Waals surface area contributed by atoms with Crippen molar-refractivity contribution in [1.82, 2.24) is 14.5 Å². The number of carbonyl (C=O) groups excluding carboxylic acids is 1. The number of rotatable bonds is 5. The summed E-state index contributed by atoms with van der Waals surface area (Å²) in [5.74, 6) is 1.98. The summed E-state index contributed by atoms with van der Waals surface area (Å²) in [6, 6.07) is 0. The van der Waals surface area contributed by atoms with Gasteiger partial charge in [-0.05, 0) is 68.8 Å².